The number of hydrogen-bond acceptors (Lipinski definition) is 3. The molecule has 0 aliphatic carbocycles. The Morgan fingerprint density at radius 3 is 2.68 bits per heavy atom. The van der Waals surface area contributed by atoms with Crippen LogP contribution in [-0.2, 0) is 4.79 Å². The quantitative estimate of drug-likeness (QED) is 0.720. The van der Waals surface area contributed by atoms with E-state index in [1.807, 2.05) is 30.7 Å². The van der Waals surface area contributed by atoms with Gasteiger partial charge in [-0.1, -0.05) is 13.3 Å². The minimum atomic E-state index is -0.898. The molecule has 0 saturated carbocycles. The lowest BCUT2D eigenvalue weighted by atomic mass is 10.1. The fourth-order valence-corrected chi connectivity index (χ4v) is 2.57. The molecular weight excluding hydrogens is 264 g/mol. The van der Waals surface area contributed by atoms with Crippen molar-refractivity contribution < 1.29 is 14.7 Å². The topological polar surface area (TPSA) is 78.4 Å². The highest BCUT2D eigenvalue weighted by Crippen LogP contribution is 2.15. The molecule has 5 nitrogen and oxygen atoms in total. The second-order valence-electron chi connectivity index (χ2n) is 4.48. The van der Waals surface area contributed by atoms with E-state index in [0.717, 1.165) is 12.0 Å². The molecule has 0 aromatic carbocycles. The molecule has 1 aromatic heterocycles. The SMILES string of the molecule is CCCC(CC(=O)O)NC(=O)NC(C)c1ccsc1. The summed E-state index contributed by atoms with van der Waals surface area (Å²) in [6.45, 7) is 3.86. The van der Waals surface area contributed by atoms with Gasteiger partial charge in [-0.25, -0.2) is 4.79 Å². The van der Waals surface area contributed by atoms with Gasteiger partial charge < -0.3 is 15.7 Å². The third-order valence-electron chi connectivity index (χ3n) is 2.78. The zero-order chi connectivity index (χ0) is 14.3. The second-order valence-corrected chi connectivity index (χ2v) is 5.26. The molecule has 0 saturated heterocycles. The maximum Gasteiger partial charge on any atom is 0.315 e. The third-order valence-corrected chi connectivity index (χ3v) is 3.49. The van der Waals surface area contributed by atoms with Crippen molar-refractivity contribution in [2.75, 3.05) is 0 Å². The molecule has 0 fully saturated rings. The van der Waals surface area contributed by atoms with E-state index in [0.29, 0.717) is 6.42 Å². The van der Waals surface area contributed by atoms with E-state index in [1.165, 1.54) is 0 Å². The predicted molar refractivity (Wildman–Crippen MR) is 75.4 cm³/mol. The molecular formula is C13H20N2O3S. The maximum atomic E-state index is 11.8. The van der Waals surface area contributed by atoms with Crippen LogP contribution in [0.25, 0.3) is 0 Å². The van der Waals surface area contributed by atoms with Crippen LogP contribution >= 0.6 is 11.3 Å². The van der Waals surface area contributed by atoms with Crippen LogP contribution in [0.15, 0.2) is 16.8 Å². The molecule has 2 atom stereocenters. The second kappa shape index (κ2) is 7.78. The molecule has 1 heterocycles. The summed E-state index contributed by atoms with van der Waals surface area (Å²) in [5.74, 6) is -0.898. The molecule has 19 heavy (non-hydrogen) atoms. The average molecular weight is 284 g/mol. The van der Waals surface area contributed by atoms with Gasteiger partial charge in [-0.05, 0) is 35.7 Å². The van der Waals surface area contributed by atoms with E-state index in [2.05, 4.69) is 10.6 Å². The van der Waals surface area contributed by atoms with Crippen LogP contribution in [0.1, 0.15) is 44.7 Å². The number of rotatable bonds is 7. The van der Waals surface area contributed by atoms with E-state index < -0.39 is 5.97 Å². The van der Waals surface area contributed by atoms with Gasteiger partial charge in [-0.3, -0.25) is 4.79 Å². The van der Waals surface area contributed by atoms with Crippen LogP contribution in [0, 0.1) is 0 Å². The van der Waals surface area contributed by atoms with E-state index >= 15 is 0 Å². The van der Waals surface area contributed by atoms with Gasteiger partial charge in [0, 0.05) is 6.04 Å². The Kier molecular flexibility index (Phi) is 6.35. The number of aliphatic carboxylic acids is 1. The van der Waals surface area contributed by atoms with Crippen molar-refractivity contribution in [3.63, 3.8) is 0 Å². The maximum absolute atomic E-state index is 11.8. The van der Waals surface area contributed by atoms with Gasteiger partial charge in [0.05, 0.1) is 12.5 Å². The number of urea groups is 1. The fraction of sp³-hybridized carbons (Fsp3) is 0.538. The van der Waals surface area contributed by atoms with Crippen LogP contribution < -0.4 is 10.6 Å². The zero-order valence-electron chi connectivity index (χ0n) is 11.2. The molecule has 0 bridgehead atoms. The zero-order valence-corrected chi connectivity index (χ0v) is 12.0. The number of carbonyl (C=O) groups excluding carboxylic acids is 1. The molecule has 106 valence electrons. The molecule has 1 aromatic rings. The molecule has 3 N–H and O–H groups in total. The number of thiophene rings is 1. The van der Waals surface area contributed by atoms with Gasteiger partial charge in [0.25, 0.3) is 0 Å². The summed E-state index contributed by atoms with van der Waals surface area (Å²) >= 11 is 1.58. The summed E-state index contributed by atoms with van der Waals surface area (Å²) in [4.78, 5) is 22.5. The van der Waals surface area contributed by atoms with Crippen molar-refractivity contribution in [3.05, 3.63) is 22.4 Å². The number of amides is 2. The summed E-state index contributed by atoms with van der Waals surface area (Å²) in [7, 11) is 0. The standard InChI is InChI=1S/C13H20N2O3S/c1-3-4-11(7-12(16)17)15-13(18)14-9(2)10-5-6-19-8-10/h5-6,8-9,11H,3-4,7H2,1-2H3,(H,16,17)(H2,14,15,18). The van der Waals surface area contributed by atoms with E-state index in [9.17, 15) is 9.59 Å². The monoisotopic (exact) mass is 284 g/mol. The molecule has 0 radical (unpaired) electrons. The molecule has 0 aliphatic rings. The normalized spacial score (nSPS) is 13.6. The van der Waals surface area contributed by atoms with Crippen molar-refractivity contribution in [2.45, 2.75) is 45.2 Å². The minimum absolute atomic E-state index is 0.0475. The molecule has 1 rings (SSSR count). The number of carbonyl (C=O) groups is 2. The average Bonchev–Trinajstić information content (AvgIpc) is 2.81. The Morgan fingerprint density at radius 2 is 2.16 bits per heavy atom. The summed E-state index contributed by atoms with van der Waals surface area (Å²) in [6.07, 6.45) is 1.44. The van der Waals surface area contributed by atoms with Crippen molar-refractivity contribution >= 4 is 23.3 Å². The van der Waals surface area contributed by atoms with Crippen molar-refractivity contribution in [1.82, 2.24) is 10.6 Å². The molecule has 0 aliphatic heterocycles. The number of carboxylic acid groups (broad SMARTS) is 1. The lowest BCUT2D eigenvalue weighted by molar-refractivity contribution is -0.137. The smallest absolute Gasteiger partial charge is 0.315 e. The Bertz CT molecular complexity index is 406. The van der Waals surface area contributed by atoms with Crippen LogP contribution in [-0.4, -0.2) is 23.1 Å². The fourth-order valence-electron chi connectivity index (χ4n) is 1.81. The summed E-state index contributed by atoms with van der Waals surface area (Å²) in [5.41, 5.74) is 1.05. The number of hydrogen-bond donors (Lipinski definition) is 3. The summed E-state index contributed by atoms with van der Waals surface area (Å²) < 4.78 is 0. The summed E-state index contributed by atoms with van der Waals surface area (Å²) in [6, 6.07) is 1.23. The Morgan fingerprint density at radius 1 is 1.42 bits per heavy atom. The van der Waals surface area contributed by atoms with E-state index in [4.69, 9.17) is 5.11 Å². The first-order chi connectivity index (χ1) is 9.02. The first-order valence-electron chi connectivity index (χ1n) is 6.33. The van der Waals surface area contributed by atoms with Crippen molar-refractivity contribution in [2.24, 2.45) is 0 Å². The number of carboxylic acids is 1. The number of nitrogens with one attached hydrogen (secondary N) is 2. The summed E-state index contributed by atoms with van der Waals surface area (Å²) in [5, 5.41) is 18.2. The van der Waals surface area contributed by atoms with Crippen molar-refractivity contribution in [3.8, 4) is 0 Å². The van der Waals surface area contributed by atoms with Gasteiger partial charge in [0.2, 0.25) is 0 Å². The Balaban J connectivity index is 2.45. The lowest BCUT2D eigenvalue weighted by Crippen LogP contribution is -2.43. The Labute approximate surface area is 117 Å². The highest BCUT2D eigenvalue weighted by Gasteiger charge is 2.16. The van der Waals surface area contributed by atoms with Crippen LogP contribution in [0.2, 0.25) is 0 Å². The van der Waals surface area contributed by atoms with Crippen molar-refractivity contribution in [1.29, 1.82) is 0 Å². The van der Waals surface area contributed by atoms with E-state index in [1.54, 1.807) is 11.3 Å². The van der Waals surface area contributed by atoms with Gasteiger partial charge in [0.1, 0.15) is 0 Å². The van der Waals surface area contributed by atoms with Crippen LogP contribution in [0.3, 0.4) is 0 Å². The first-order valence-corrected chi connectivity index (χ1v) is 7.28. The Hall–Kier alpha value is -1.56. The third kappa shape index (κ3) is 5.74. The lowest BCUT2D eigenvalue weighted by Gasteiger charge is -2.19. The van der Waals surface area contributed by atoms with Crippen LogP contribution in [0.4, 0.5) is 4.79 Å². The van der Waals surface area contributed by atoms with Gasteiger partial charge in [-0.15, -0.1) is 0 Å². The minimum Gasteiger partial charge on any atom is -0.481 e. The van der Waals surface area contributed by atoms with Gasteiger partial charge in [-0.2, -0.15) is 11.3 Å². The first kappa shape index (κ1) is 15.5. The van der Waals surface area contributed by atoms with Gasteiger partial charge in [0.15, 0.2) is 0 Å². The van der Waals surface area contributed by atoms with Crippen LogP contribution in [0.5, 0.6) is 0 Å². The molecule has 2 unspecified atom stereocenters. The van der Waals surface area contributed by atoms with Gasteiger partial charge >= 0.3 is 12.0 Å². The molecule has 6 heteroatoms. The van der Waals surface area contributed by atoms with E-state index in [-0.39, 0.29) is 24.5 Å². The highest BCUT2D eigenvalue weighted by molar-refractivity contribution is 7.07. The molecule has 2 amide bonds. The molecule has 0 spiro atoms. The highest BCUT2D eigenvalue weighted by atomic mass is 32.1. The largest absolute Gasteiger partial charge is 0.481 e. The predicted octanol–water partition coefficient (Wildman–Crippen LogP) is 2.75.